The summed E-state index contributed by atoms with van der Waals surface area (Å²) >= 11 is 2.63. The monoisotopic (exact) mass is 252 g/mol. The van der Waals surface area contributed by atoms with Crippen LogP contribution in [-0.2, 0) is 0 Å². The highest BCUT2D eigenvalue weighted by Crippen LogP contribution is 2.45. The van der Waals surface area contributed by atoms with Crippen molar-refractivity contribution in [3.05, 3.63) is 0 Å². The Labute approximate surface area is 77.9 Å². The quantitative estimate of drug-likeness (QED) is 0.521. The molecule has 1 heteroatoms. The maximum absolute atomic E-state index is 2.63. The van der Waals surface area contributed by atoms with Gasteiger partial charge in [-0.25, -0.2) is 0 Å². The molecule has 0 aromatic heterocycles. The Kier molecular flexibility index (Phi) is 3.02. The summed E-state index contributed by atoms with van der Waals surface area (Å²) in [6, 6.07) is 0. The third-order valence-electron chi connectivity index (χ3n) is 2.81. The molecule has 0 N–H and O–H groups in total. The van der Waals surface area contributed by atoms with E-state index in [0.717, 1.165) is 21.7 Å². The summed E-state index contributed by atoms with van der Waals surface area (Å²) in [5.41, 5.74) is 0. The zero-order chi connectivity index (χ0) is 7.72. The van der Waals surface area contributed by atoms with E-state index >= 15 is 0 Å². The first kappa shape index (κ1) is 8.82. The standard InChI is InChI=1S/C9H17I/c1-4-7-5-8(6(2)3)9(7)10/h6-9H,4-5H2,1-3H3. The van der Waals surface area contributed by atoms with Gasteiger partial charge in [0.2, 0.25) is 0 Å². The molecule has 3 atom stereocenters. The second-order valence-electron chi connectivity index (χ2n) is 3.76. The van der Waals surface area contributed by atoms with Crippen molar-refractivity contribution in [1.29, 1.82) is 0 Å². The van der Waals surface area contributed by atoms with E-state index in [1.54, 1.807) is 0 Å². The number of alkyl halides is 1. The van der Waals surface area contributed by atoms with Crippen molar-refractivity contribution in [2.24, 2.45) is 17.8 Å². The van der Waals surface area contributed by atoms with Crippen molar-refractivity contribution in [3.63, 3.8) is 0 Å². The van der Waals surface area contributed by atoms with Crippen LogP contribution in [0.15, 0.2) is 0 Å². The van der Waals surface area contributed by atoms with Gasteiger partial charge in [-0.15, -0.1) is 0 Å². The summed E-state index contributed by atoms with van der Waals surface area (Å²) in [5, 5.41) is 0. The van der Waals surface area contributed by atoms with Crippen molar-refractivity contribution >= 4 is 22.6 Å². The molecule has 0 amide bonds. The Bertz CT molecular complexity index is 109. The van der Waals surface area contributed by atoms with Gasteiger partial charge in [-0.3, -0.25) is 0 Å². The summed E-state index contributed by atoms with van der Waals surface area (Å²) in [4.78, 5) is 0. The molecule has 1 fully saturated rings. The second-order valence-corrected chi connectivity index (χ2v) is 5.19. The molecule has 1 aliphatic carbocycles. The Morgan fingerprint density at radius 3 is 2.40 bits per heavy atom. The average molecular weight is 252 g/mol. The van der Waals surface area contributed by atoms with Crippen molar-refractivity contribution in [2.75, 3.05) is 0 Å². The molecule has 0 aromatic carbocycles. The molecular formula is C9H17I. The number of halogens is 1. The molecule has 0 saturated heterocycles. The largest absolute Gasteiger partial charge is 0.0820 e. The number of rotatable bonds is 2. The zero-order valence-corrected chi connectivity index (χ0v) is 9.26. The second kappa shape index (κ2) is 3.42. The lowest BCUT2D eigenvalue weighted by molar-refractivity contribution is 0.162. The Balaban J connectivity index is 2.31. The molecular weight excluding hydrogens is 235 g/mol. The lowest BCUT2D eigenvalue weighted by atomic mass is 9.68. The molecule has 1 rings (SSSR count). The fraction of sp³-hybridized carbons (Fsp3) is 1.00. The van der Waals surface area contributed by atoms with Crippen LogP contribution in [0.1, 0.15) is 33.6 Å². The molecule has 0 spiro atoms. The van der Waals surface area contributed by atoms with Crippen molar-refractivity contribution in [1.82, 2.24) is 0 Å². The lowest BCUT2D eigenvalue weighted by Crippen LogP contribution is -2.39. The maximum atomic E-state index is 2.63. The van der Waals surface area contributed by atoms with E-state index in [1.165, 1.54) is 12.8 Å². The predicted molar refractivity (Wildman–Crippen MR) is 54.5 cm³/mol. The van der Waals surface area contributed by atoms with E-state index in [1.807, 2.05) is 0 Å². The fourth-order valence-corrected chi connectivity index (χ4v) is 3.72. The molecule has 0 aromatic rings. The van der Waals surface area contributed by atoms with E-state index in [9.17, 15) is 0 Å². The molecule has 0 heterocycles. The smallest absolute Gasteiger partial charge is 0.0169 e. The van der Waals surface area contributed by atoms with Crippen LogP contribution in [0.25, 0.3) is 0 Å². The van der Waals surface area contributed by atoms with Crippen LogP contribution >= 0.6 is 22.6 Å². The molecule has 1 aliphatic rings. The molecule has 3 unspecified atom stereocenters. The van der Waals surface area contributed by atoms with Gasteiger partial charge in [0.15, 0.2) is 0 Å². The van der Waals surface area contributed by atoms with Crippen LogP contribution in [0.3, 0.4) is 0 Å². The van der Waals surface area contributed by atoms with E-state index in [4.69, 9.17) is 0 Å². The summed E-state index contributed by atoms with van der Waals surface area (Å²) < 4.78 is 0.975. The first-order valence-corrected chi connectivity index (χ1v) is 5.55. The fourth-order valence-electron chi connectivity index (χ4n) is 1.80. The topological polar surface area (TPSA) is 0 Å². The first-order chi connectivity index (χ1) is 4.66. The van der Waals surface area contributed by atoms with Gasteiger partial charge in [-0.2, -0.15) is 0 Å². The Morgan fingerprint density at radius 2 is 2.10 bits per heavy atom. The van der Waals surface area contributed by atoms with Crippen LogP contribution in [0, 0.1) is 17.8 Å². The number of hydrogen-bond acceptors (Lipinski definition) is 0. The van der Waals surface area contributed by atoms with Gasteiger partial charge < -0.3 is 0 Å². The average Bonchev–Trinajstić information content (AvgIpc) is 1.85. The van der Waals surface area contributed by atoms with Crippen LogP contribution in [0.5, 0.6) is 0 Å². The van der Waals surface area contributed by atoms with Gasteiger partial charge in [-0.05, 0) is 24.2 Å². The van der Waals surface area contributed by atoms with Gasteiger partial charge in [0.05, 0.1) is 0 Å². The van der Waals surface area contributed by atoms with Gasteiger partial charge >= 0.3 is 0 Å². The molecule has 0 bridgehead atoms. The van der Waals surface area contributed by atoms with Crippen molar-refractivity contribution in [3.8, 4) is 0 Å². The molecule has 0 radical (unpaired) electrons. The Morgan fingerprint density at radius 1 is 1.50 bits per heavy atom. The molecule has 1 saturated carbocycles. The highest BCUT2D eigenvalue weighted by atomic mass is 127. The van der Waals surface area contributed by atoms with Crippen molar-refractivity contribution < 1.29 is 0 Å². The molecule has 60 valence electrons. The van der Waals surface area contributed by atoms with Crippen molar-refractivity contribution in [2.45, 2.75) is 37.5 Å². The minimum atomic E-state index is 0.907. The first-order valence-electron chi connectivity index (χ1n) is 4.30. The predicted octanol–water partition coefficient (Wildman–Crippen LogP) is 3.49. The third kappa shape index (κ3) is 1.49. The van der Waals surface area contributed by atoms with E-state index in [0.29, 0.717) is 0 Å². The maximum Gasteiger partial charge on any atom is 0.0169 e. The summed E-state index contributed by atoms with van der Waals surface area (Å²) in [6.45, 7) is 7.01. The normalized spacial score (nSPS) is 39.9. The Hall–Kier alpha value is 0.730. The van der Waals surface area contributed by atoms with Gasteiger partial charge in [-0.1, -0.05) is 49.8 Å². The zero-order valence-electron chi connectivity index (χ0n) is 7.10. The highest BCUT2D eigenvalue weighted by Gasteiger charge is 2.38. The highest BCUT2D eigenvalue weighted by molar-refractivity contribution is 14.1. The van der Waals surface area contributed by atoms with Gasteiger partial charge in [0, 0.05) is 3.92 Å². The van der Waals surface area contributed by atoms with Crippen LogP contribution in [-0.4, -0.2) is 3.92 Å². The van der Waals surface area contributed by atoms with E-state index in [-0.39, 0.29) is 0 Å². The summed E-state index contributed by atoms with van der Waals surface area (Å²) in [7, 11) is 0. The summed E-state index contributed by atoms with van der Waals surface area (Å²) in [5.74, 6) is 2.96. The van der Waals surface area contributed by atoms with E-state index in [2.05, 4.69) is 43.4 Å². The minimum Gasteiger partial charge on any atom is -0.0820 e. The summed E-state index contributed by atoms with van der Waals surface area (Å²) in [6.07, 6.45) is 2.87. The van der Waals surface area contributed by atoms with Crippen LogP contribution in [0.2, 0.25) is 0 Å². The van der Waals surface area contributed by atoms with Crippen LogP contribution < -0.4 is 0 Å². The molecule has 0 aliphatic heterocycles. The van der Waals surface area contributed by atoms with E-state index < -0.39 is 0 Å². The minimum absolute atomic E-state index is 0.907. The van der Waals surface area contributed by atoms with Gasteiger partial charge in [0.25, 0.3) is 0 Å². The SMILES string of the molecule is CCC1CC(C(C)C)C1I. The molecule has 10 heavy (non-hydrogen) atoms. The van der Waals surface area contributed by atoms with Crippen LogP contribution in [0.4, 0.5) is 0 Å². The molecule has 0 nitrogen and oxygen atoms in total. The third-order valence-corrected chi connectivity index (χ3v) is 4.76. The van der Waals surface area contributed by atoms with Gasteiger partial charge in [0.1, 0.15) is 0 Å². The lowest BCUT2D eigenvalue weighted by Gasteiger charge is -2.43. The number of hydrogen-bond donors (Lipinski definition) is 0.